The number of methoxy groups -OCH3 is 1. The lowest BCUT2D eigenvalue weighted by Gasteiger charge is -2.26. The summed E-state index contributed by atoms with van der Waals surface area (Å²) in [5.41, 5.74) is 0.911. The zero-order valence-electron chi connectivity index (χ0n) is 9.31. The Hall–Kier alpha value is -1.07. The summed E-state index contributed by atoms with van der Waals surface area (Å²) in [6, 6.07) is 0. The highest BCUT2D eigenvalue weighted by Crippen LogP contribution is 2.28. The van der Waals surface area contributed by atoms with Crippen LogP contribution in [-0.2, 0) is 18.9 Å². The Kier molecular flexibility index (Phi) is 3.79. The molecular formula is C11H16O5. The average Bonchev–Trinajstić information content (AvgIpc) is 2.83. The molecule has 2 rings (SSSR count). The van der Waals surface area contributed by atoms with Crippen LogP contribution in [0.3, 0.4) is 0 Å². The fourth-order valence-corrected chi connectivity index (χ4v) is 1.96. The van der Waals surface area contributed by atoms with Crippen LogP contribution in [0.25, 0.3) is 0 Å². The van der Waals surface area contributed by atoms with Crippen molar-refractivity contribution in [2.24, 2.45) is 0 Å². The molecule has 5 heteroatoms. The molecule has 1 fully saturated rings. The Bertz CT molecular complexity index is 280. The molecule has 0 aromatic heterocycles. The summed E-state index contributed by atoms with van der Waals surface area (Å²) < 4.78 is 20.5. The van der Waals surface area contributed by atoms with E-state index in [2.05, 4.69) is 4.74 Å². The maximum absolute atomic E-state index is 11.1. The molecule has 0 bridgehead atoms. The zero-order valence-corrected chi connectivity index (χ0v) is 9.31. The lowest BCUT2D eigenvalue weighted by Crippen LogP contribution is -2.29. The number of hydrogen-bond acceptors (Lipinski definition) is 5. The van der Waals surface area contributed by atoms with Crippen LogP contribution in [0.15, 0.2) is 11.6 Å². The first-order valence-corrected chi connectivity index (χ1v) is 5.49. The molecule has 16 heavy (non-hydrogen) atoms. The molecule has 1 saturated heterocycles. The predicted molar refractivity (Wildman–Crippen MR) is 54.9 cm³/mol. The van der Waals surface area contributed by atoms with Crippen molar-refractivity contribution < 1.29 is 23.7 Å². The van der Waals surface area contributed by atoms with E-state index in [1.807, 2.05) is 6.08 Å². The summed E-state index contributed by atoms with van der Waals surface area (Å²) in [7, 11) is 1.30. The molecule has 1 atom stereocenters. The van der Waals surface area contributed by atoms with Gasteiger partial charge in [0.2, 0.25) is 0 Å². The second-order valence-electron chi connectivity index (χ2n) is 3.77. The minimum absolute atomic E-state index is 0.274. The first-order valence-electron chi connectivity index (χ1n) is 5.49. The lowest BCUT2D eigenvalue weighted by atomic mass is 9.96. The molecule has 0 aromatic carbocycles. The van der Waals surface area contributed by atoms with Crippen molar-refractivity contribution in [1.82, 2.24) is 0 Å². The SMILES string of the molecule is COC(=O)OC1CCCC=C1C1OCCO1. The van der Waals surface area contributed by atoms with Crippen molar-refractivity contribution in [3.05, 3.63) is 11.6 Å². The number of ether oxygens (including phenoxy) is 4. The van der Waals surface area contributed by atoms with E-state index in [4.69, 9.17) is 14.2 Å². The van der Waals surface area contributed by atoms with Gasteiger partial charge in [-0.15, -0.1) is 0 Å². The molecule has 0 saturated carbocycles. The largest absolute Gasteiger partial charge is 0.508 e. The fourth-order valence-electron chi connectivity index (χ4n) is 1.96. The van der Waals surface area contributed by atoms with Crippen LogP contribution in [0.1, 0.15) is 19.3 Å². The van der Waals surface area contributed by atoms with E-state index in [1.165, 1.54) is 7.11 Å². The second-order valence-corrected chi connectivity index (χ2v) is 3.77. The number of carbonyl (C=O) groups is 1. The molecule has 1 aliphatic carbocycles. The molecule has 0 spiro atoms. The summed E-state index contributed by atoms with van der Waals surface area (Å²) in [5.74, 6) is 0. The van der Waals surface area contributed by atoms with Gasteiger partial charge in [0, 0.05) is 5.57 Å². The molecule has 0 N–H and O–H groups in total. The Morgan fingerprint density at radius 1 is 1.44 bits per heavy atom. The Morgan fingerprint density at radius 2 is 2.19 bits per heavy atom. The smallest absolute Gasteiger partial charge is 0.438 e. The van der Waals surface area contributed by atoms with E-state index in [9.17, 15) is 4.79 Å². The van der Waals surface area contributed by atoms with Gasteiger partial charge in [-0.25, -0.2) is 4.79 Å². The van der Waals surface area contributed by atoms with Crippen molar-refractivity contribution in [3.63, 3.8) is 0 Å². The van der Waals surface area contributed by atoms with Crippen LogP contribution in [-0.4, -0.2) is 38.9 Å². The summed E-state index contributed by atoms with van der Waals surface area (Å²) >= 11 is 0. The van der Waals surface area contributed by atoms with E-state index in [1.54, 1.807) is 0 Å². The quantitative estimate of drug-likeness (QED) is 0.531. The van der Waals surface area contributed by atoms with Crippen molar-refractivity contribution in [2.75, 3.05) is 20.3 Å². The van der Waals surface area contributed by atoms with Gasteiger partial charge in [0.15, 0.2) is 6.29 Å². The number of hydrogen-bond donors (Lipinski definition) is 0. The maximum atomic E-state index is 11.1. The van der Waals surface area contributed by atoms with Gasteiger partial charge in [-0.1, -0.05) is 6.08 Å². The van der Waals surface area contributed by atoms with Crippen LogP contribution in [0.4, 0.5) is 4.79 Å². The van der Waals surface area contributed by atoms with Gasteiger partial charge >= 0.3 is 6.16 Å². The van der Waals surface area contributed by atoms with Gasteiger partial charge < -0.3 is 18.9 Å². The second kappa shape index (κ2) is 5.32. The van der Waals surface area contributed by atoms with Gasteiger partial charge in [0.05, 0.1) is 20.3 Å². The summed E-state index contributed by atoms with van der Waals surface area (Å²) in [6.07, 6.45) is 3.52. The van der Waals surface area contributed by atoms with Gasteiger partial charge in [-0.05, 0) is 19.3 Å². The van der Waals surface area contributed by atoms with Crippen LogP contribution in [0, 0.1) is 0 Å². The van der Waals surface area contributed by atoms with Crippen LogP contribution in [0.2, 0.25) is 0 Å². The molecule has 2 aliphatic rings. The Labute approximate surface area is 94.3 Å². The first kappa shape index (κ1) is 11.4. The molecule has 1 unspecified atom stereocenters. The minimum atomic E-state index is -0.657. The average molecular weight is 228 g/mol. The van der Waals surface area contributed by atoms with Gasteiger partial charge in [0.25, 0.3) is 0 Å². The van der Waals surface area contributed by atoms with E-state index in [-0.39, 0.29) is 12.4 Å². The number of carbonyl (C=O) groups excluding carboxylic acids is 1. The highest BCUT2D eigenvalue weighted by Gasteiger charge is 2.31. The molecule has 1 heterocycles. The number of rotatable bonds is 2. The van der Waals surface area contributed by atoms with Crippen molar-refractivity contribution in [2.45, 2.75) is 31.7 Å². The Morgan fingerprint density at radius 3 is 2.88 bits per heavy atom. The third kappa shape index (κ3) is 2.54. The fraction of sp³-hybridized carbons (Fsp3) is 0.727. The molecule has 0 amide bonds. The third-order valence-corrected chi connectivity index (χ3v) is 2.72. The standard InChI is InChI=1S/C11H16O5/c1-13-11(12)16-9-5-3-2-4-8(9)10-14-6-7-15-10/h4,9-10H,2-3,5-7H2,1H3. The van der Waals surface area contributed by atoms with Gasteiger partial charge in [-0.3, -0.25) is 0 Å². The van der Waals surface area contributed by atoms with Crippen LogP contribution in [0.5, 0.6) is 0 Å². The summed E-state index contributed by atoms with van der Waals surface area (Å²) in [4.78, 5) is 11.1. The zero-order chi connectivity index (χ0) is 11.4. The maximum Gasteiger partial charge on any atom is 0.508 e. The molecular weight excluding hydrogens is 212 g/mol. The molecule has 0 aromatic rings. The minimum Gasteiger partial charge on any atom is -0.438 e. The van der Waals surface area contributed by atoms with Crippen molar-refractivity contribution in [3.8, 4) is 0 Å². The molecule has 5 nitrogen and oxygen atoms in total. The van der Waals surface area contributed by atoms with Gasteiger partial charge in [0.1, 0.15) is 6.10 Å². The van der Waals surface area contributed by atoms with Crippen molar-refractivity contribution >= 4 is 6.16 Å². The van der Waals surface area contributed by atoms with E-state index < -0.39 is 6.16 Å². The van der Waals surface area contributed by atoms with Gasteiger partial charge in [-0.2, -0.15) is 0 Å². The van der Waals surface area contributed by atoms with Crippen molar-refractivity contribution in [1.29, 1.82) is 0 Å². The Balaban J connectivity index is 2.01. The highest BCUT2D eigenvalue weighted by molar-refractivity contribution is 5.60. The van der Waals surface area contributed by atoms with E-state index >= 15 is 0 Å². The monoisotopic (exact) mass is 228 g/mol. The third-order valence-electron chi connectivity index (χ3n) is 2.72. The van der Waals surface area contributed by atoms with Crippen LogP contribution >= 0.6 is 0 Å². The first-order chi connectivity index (χ1) is 7.81. The molecule has 90 valence electrons. The molecule has 1 aliphatic heterocycles. The van der Waals surface area contributed by atoms with Crippen LogP contribution < -0.4 is 0 Å². The topological polar surface area (TPSA) is 54.0 Å². The molecule has 0 radical (unpaired) electrons. The summed E-state index contributed by atoms with van der Waals surface area (Å²) in [6.45, 7) is 1.18. The summed E-state index contributed by atoms with van der Waals surface area (Å²) in [5, 5.41) is 0. The highest BCUT2D eigenvalue weighted by atomic mass is 16.7. The van der Waals surface area contributed by atoms with E-state index in [0.717, 1.165) is 24.8 Å². The normalized spacial score (nSPS) is 26.3. The van der Waals surface area contributed by atoms with E-state index in [0.29, 0.717) is 13.2 Å². The predicted octanol–water partition coefficient (Wildman–Crippen LogP) is 1.62. The lowest BCUT2D eigenvalue weighted by molar-refractivity contribution is -0.0369. The number of allylic oxidation sites excluding steroid dienone is 1.